The first-order chi connectivity index (χ1) is 9.00. The Labute approximate surface area is 120 Å². The second-order valence-corrected chi connectivity index (χ2v) is 5.16. The number of carboxylic acid groups (broad SMARTS) is 1. The van der Waals surface area contributed by atoms with Gasteiger partial charge in [0.2, 0.25) is 0 Å². The molecular formula is C13H18BrNO4. The average molecular weight is 332 g/mol. The van der Waals surface area contributed by atoms with Crippen LogP contribution in [0.15, 0.2) is 15.2 Å². The Balaban J connectivity index is 2.14. The molecule has 1 amide bonds. The van der Waals surface area contributed by atoms with Gasteiger partial charge in [-0.25, -0.2) is 0 Å². The van der Waals surface area contributed by atoms with Crippen molar-refractivity contribution in [3.8, 4) is 0 Å². The lowest BCUT2D eigenvalue weighted by atomic mass is 10.1. The van der Waals surface area contributed by atoms with Gasteiger partial charge in [-0.3, -0.25) is 9.59 Å². The fourth-order valence-corrected chi connectivity index (χ4v) is 2.21. The zero-order chi connectivity index (χ0) is 14.3. The molecule has 1 aromatic heterocycles. The second-order valence-electron chi connectivity index (χ2n) is 4.38. The normalized spacial score (nSPS) is 10.4. The van der Waals surface area contributed by atoms with Gasteiger partial charge in [0.05, 0.1) is 0 Å². The van der Waals surface area contributed by atoms with E-state index in [9.17, 15) is 9.59 Å². The van der Waals surface area contributed by atoms with Crippen LogP contribution in [0, 0.1) is 6.92 Å². The molecule has 0 aromatic carbocycles. The quantitative estimate of drug-likeness (QED) is 0.717. The largest absolute Gasteiger partial charge is 0.481 e. The van der Waals surface area contributed by atoms with Crippen molar-refractivity contribution < 1.29 is 19.1 Å². The smallest absolute Gasteiger partial charge is 0.303 e. The second kappa shape index (κ2) is 7.99. The standard InChI is InChI=1S/C13H18BrNO4/c1-9-8-10(14)19-12(9)13(18)15-7-5-3-2-4-6-11(16)17/h8H,2-7H2,1H3,(H,15,18)(H,16,17). The van der Waals surface area contributed by atoms with E-state index in [1.807, 2.05) is 6.92 Å². The minimum atomic E-state index is -0.757. The van der Waals surface area contributed by atoms with E-state index in [1.165, 1.54) is 0 Å². The van der Waals surface area contributed by atoms with Gasteiger partial charge in [-0.15, -0.1) is 0 Å². The van der Waals surface area contributed by atoms with Gasteiger partial charge in [-0.05, 0) is 41.8 Å². The number of rotatable bonds is 8. The minimum Gasteiger partial charge on any atom is -0.481 e. The highest BCUT2D eigenvalue weighted by atomic mass is 79.9. The highest BCUT2D eigenvalue weighted by Crippen LogP contribution is 2.19. The number of aryl methyl sites for hydroxylation is 1. The SMILES string of the molecule is Cc1cc(Br)oc1C(=O)NCCCCCCC(=O)O. The Morgan fingerprint density at radius 3 is 2.58 bits per heavy atom. The third-order valence-electron chi connectivity index (χ3n) is 2.70. The minimum absolute atomic E-state index is 0.214. The third kappa shape index (κ3) is 5.92. The highest BCUT2D eigenvalue weighted by molar-refractivity contribution is 9.10. The van der Waals surface area contributed by atoms with Crippen molar-refractivity contribution in [2.75, 3.05) is 6.54 Å². The molecule has 0 saturated carbocycles. The number of unbranched alkanes of at least 4 members (excludes halogenated alkanes) is 3. The molecule has 0 aliphatic carbocycles. The van der Waals surface area contributed by atoms with E-state index in [2.05, 4.69) is 21.2 Å². The van der Waals surface area contributed by atoms with Gasteiger partial charge >= 0.3 is 5.97 Å². The monoisotopic (exact) mass is 331 g/mol. The lowest BCUT2D eigenvalue weighted by molar-refractivity contribution is -0.137. The molecule has 5 nitrogen and oxygen atoms in total. The Morgan fingerprint density at radius 2 is 2.00 bits per heavy atom. The molecule has 1 aromatic rings. The number of nitrogens with one attached hydrogen (secondary N) is 1. The van der Waals surface area contributed by atoms with E-state index in [-0.39, 0.29) is 12.3 Å². The van der Waals surface area contributed by atoms with E-state index in [1.54, 1.807) is 6.07 Å². The van der Waals surface area contributed by atoms with Crippen LogP contribution < -0.4 is 5.32 Å². The maximum absolute atomic E-state index is 11.8. The Kier molecular flexibility index (Phi) is 6.62. The predicted molar refractivity (Wildman–Crippen MR) is 74.2 cm³/mol. The molecule has 6 heteroatoms. The van der Waals surface area contributed by atoms with Gasteiger partial charge < -0.3 is 14.8 Å². The van der Waals surface area contributed by atoms with Gasteiger partial charge in [0, 0.05) is 18.5 Å². The molecule has 2 N–H and O–H groups in total. The Bertz CT molecular complexity index is 442. The van der Waals surface area contributed by atoms with Crippen molar-refractivity contribution >= 4 is 27.8 Å². The molecule has 0 radical (unpaired) electrons. The molecule has 0 aliphatic rings. The van der Waals surface area contributed by atoms with E-state index in [4.69, 9.17) is 9.52 Å². The van der Waals surface area contributed by atoms with Crippen LogP contribution in [0.3, 0.4) is 0 Å². The first kappa shape index (κ1) is 15.8. The van der Waals surface area contributed by atoms with E-state index in [0.29, 0.717) is 23.4 Å². The van der Waals surface area contributed by atoms with E-state index < -0.39 is 5.97 Å². The third-order valence-corrected chi connectivity index (χ3v) is 3.09. The van der Waals surface area contributed by atoms with Crippen LogP contribution >= 0.6 is 15.9 Å². The lowest BCUT2D eigenvalue weighted by Gasteiger charge is -2.03. The van der Waals surface area contributed by atoms with Crippen LogP contribution in [-0.2, 0) is 4.79 Å². The van der Waals surface area contributed by atoms with Crippen molar-refractivity contribution in [3.63, 3.8) is 0 Å². The van der Waals surface area contributed by atoms with E-state index in [0.717, 1.165) is 24.8 Å². The molecule has 0 aliphatic heterocycles. The van der Waals surface area contributed by atoms with Crippen LogP contribution in [0.4, 0.5) is 0 Å². The fraction of sp³-hybridized carbons (Fsp3) is 0.538. The maximum atomic E-state index is 11.8. The van der Waals surface area contributed by atoms with Crippen LogP contribution in [0.2, 0.25) is 0 Å². The number of hydrogen-bond acceptors (Lipinski definition) is 3. The number of carboxylic acids is 1. The zero-order valence-corrected chi connectivity index (χ0v) is 12.5. The van der Waals surface area contributed by atoms with Crippen molar-refractivity contribution in [2.45, 2.75) is 39.0 Å². The van der Waals surface area contributed by atoms with Crippen LogP contribution in [0.1, 0.15) is 48.2 Å². The van der Waals surface area contributed by atoms with Crippen LogP contribution in [0.25, 0.3) is 0 Å². The molecule has 0 saturated heterocycles. The molecule has 0 fully saturated rings. The summed E-state index contributed by atoms with van der Waals surface area (Å²) in [6, 6.07) is 1.75. The summed E-state index contributed by atoms with van der Waals surface area (Å²) in [7, 11) is 0. The maximum Gasteiger partial charge on any atom is 0.303 e. The summed E-state index contributed by atoms with van der Waals surface area (Å²) in [4.78, 5) is 22.1. The van der Waals surface area contributed by atoms with Crippen molar-refractivity contribution in [3.05, 3.63) is 22.1 Å². The van der Waals surface area contributed by atoms with Crippen LogP contribution in [-0.4, -0.2) is 23.5 Å². The molecule has 19 heavy (non-hydrogen) atoms. The summed E-state index contributed by atoms with van der Waals surface area (Å²) >= 11 is 3.18. The molecule has 0 spiro atoms. The topological polar surface area (TPSA) is 79.5 Å². The van der Waals surface area contributed by atoms with Gasteiger partial charge in [-0.2, -0.15) is 0 Å². The first-order valence-corrected chi connectivity index (χ1v) is 7.06. The number of hydrogen-bond donors (Lipinski definition) is 2. The van der Waals surface area contributed by atoms with Gasteiger partial charge in [0.15, 0.2) is 10.4 Å². The molecule has 1 rings (SSSR count). The van der Waals surface area contributed by atoms with Gasteiger partial charge in [0.1, 0.15) is 0 Å². The van der Waals surface area contributed by atoms with Gasteiger partial charge in [-0.1, -0.05) is 12.8 Å². The first-order valence-electron chi connectivity index (χ1n) is 6.26. The van der Waals surface area contributed by atoms with E-state index >= 15 is 0 Å². The number of carbonyl (C=O) groups is 2. The van der Waals surface area contributed by atoms with Crippen molar-refractivity contribution in [2.24, 2.45) is 0 Å². The average Bonchev–Trinajstić information content (AvgIpc) is 2.66. The number of aliphatic carboxylic acids is 1. The fourth-order valence-electron chi connectivity index (χ4n) is 1.71. The molecule has 0 atom stereocenters. The molecule has 0 bridgehead atoms. The number of furan rings is 1. The predicted octanol–water partition coefficient (Wildman–Crippen LogP) is 3.12. The summed E-state index contributed by atoms with van der Waals surface area (Å²) in [6.45, 7) is 2.39. The summed E-state index contributed by atoms with van der Waals surface area (Å²) in [5, 5.41) is 11.3. The molecular weight excluding hydrogens is 314 g/mol. The number of halogens is 1. The lowest BCUT2D eigenvalue weighted by Crippen LogP contribution is -2.24. The number of carbonyl (C=O) groups excluding carboxylic acids is 1. The summed E-state index contributed by atoms with van der Waals surface area (Å²) in [5.41, 5.74) is 0.797. The van der Waals surface area contributed by atoms with Crippen molar-refractivity contribution in [1.82, 2.24) is 5.32 Å². The number of amides is 1. The summed E-state index contributed by atoms with van der Waals surface area (Å²) in [6.07, 6.45) is 3.52. The van der Waals surface area contributed by atoms with Crippen molar-refractivity contribution in [1.29, 1.82) is 0 Å². The summed E-state index contributed by atoms with van der Waals surface area (Å²) in [5.74, 6) is -0.640. The highest BCUT2D eigenvalue weighted by Gasteiger charge is 2.13. The molecule has 0 unspecified atom stereocenters. The van der Waals surface area contributed by atoms with Gasteiger partial charge in [0.25, 0.3) is 5.91 Å². The molecule has 106 valence electrons. The van der Waals surface area contributed by atoms with Crippen LogP contribution in [0.5, 0.6) is 0 Å². The summed E-state index contributed by atoms with van der Waals surface area (Å²) < 4.78 is 5.78. The Hall–Kier alpha value is -1.30. The zero-order valence-electron chi connectivity index (χ0n) is 10.9. The molecule has 1 heterocycles. The Morgan fingerprint density at radius 1 is 1.32 bits per heavy atom.